The monoisotopic (exact) mass is 241 g/mol. The van der Waals surface area contributed by atoms with Crippen molar-refractivity contribution in [1.29, 1.82) is 0 Å². The van der Waals surface area contributed by atoms with Crippen LogP contribution in [0.3, 0.4) is 0 Å². The minimum Gasteiger partial charge on any atom is -0.352 e. The van der Waals surface area contributed by atoms with Crippen molar-refractivity contribution in [3.8, 4) is 0 Å². The number of hydrogen-bond donors (Lipinski definition) is 2. The number of rotatable bonds is 6. The molecule has 0 spiro atoms. The van der Waals surface area contributed by atoms with E-state index in [1.807, 2.05) is 0 Å². The minimum absolute atomic E-state index is 0.173. The van der Waals surface area contributed by atoms with Gasteiger partial charge in [0.05, 0.1) is 0 Å². The fourth-order valence-corrected chi connectivity index (χ4v) is 1.14. The molecule has 0 saturated heterocycles. The first-order valence-corrected chi connectivity index (χ1v) is 5.56. The van der Waals surface area contributed by atoms with E-state index in [0.29, 0.717) is 24.5 Å². The van der Waals surface area contributed by atoms with Crippen molar-refractivity contribution in [2.45, 2.75) is 26.3 Å². The van der Waals surface area contributed by atoms with Gasteiger partial charge >= 0.3 is 0 Å². The molecule has 6 heteroatoms. The third-order valence-electron chi connectivity index (χ3n) is 2.00. The van der Waals surface area contributed by atoms with E-state index >= 15 is 0 Å². The van der Waals surface area contributed by atoms with Gasteiger partial charge in [-0.25, -0.2) is 0 Å². The number of anilines is 2. The lowest BCUT2D eigenvalue weighted by atomic mass is 10.3. The van der Waals surface area contributed by atoms with Crippen LogP contribution in [0.15, 0.2) is 12.7 Å². The summed E-state index contributed by atoms with van der Waals surface area (Å²) in [5.41, 5.74) is 0. The molecule has 1 aromatic heterocycles. The molecule has 0 aliphatic heterocycles. The SMILES string of the molecule is C=CCNc1nc(Cl)nc(N[C@@H](C)CC)n1. The standard InChI is InChI=1S/C10H16ClN5/c1-4-6-12-9-14-8(11)15-10(16-9)13-7(3)5-2/h4,7H,1,5-6H2,2-3H3,(H2,12,13,14,15,16)/t7-/m0/s1. The van der Waals surface area contributed by atoms with Gasteiger partial charge in [0.25, 0.3) is 0 Å². The number of nitrogens with one attached hydrogen (secondary N) is 2. The second-order valence-electron chi connectivity index (χ2n) is 3.37. The van der Waals surface area contributed by atoms with Gasteiger partial charge < -0.3 is 10.6 Å². The first-order valence-electron chi connectivity index (χ1n) is 5.18. The summed E-state index contributed by atoms with van der Waals surface area (Å²) in [7, 11) is 0. The molecule has 0 aromatic carbocycles. The van der Waals surface area contributed by atoms with Crippen LogP contribution in [0.4, 0.5) is 11.9 Å². The van der Waals surface area contributed by atoms with E-state index in [1.165, 1.54) is 0 Å². The summed E-state index contributed by atoms with van der Waals surface area (Å²) >= 11 is 5.79. The summed E-state index contributed by atoms with van der Waals surface area (Å²) in [5, 5.41) is 6.27. The highest BCUT2D eigenvalue weighted by atomic mass is 35.5. The molecular weight excluding hydrogens is 226 g/mol. The van der Waals surface area contributed by atoms with Crippen molar-refractivity contribution < 1.29 is 0 Å². The van der Waals surface area contributed by atoms with Crippen LogP contribution in [-0.2, 0) is 0 Å². The molecule has 0 aliphatic rings. The van der Waals surface area contributed by atoms with Gasteiger partial charge in [0.2, 0.25) is 17.2 Å². The van der Waals surface area contributed by atoms with E-state index in [-0.39, 0.29) is 5.28 Å². The van der Waals surface area contributed by atoms with Gasteiger partial charge in [-0.15, -0.1) is 6.58 Å². The highest BCUT2D eigenvalue weighted by molar-refractivity contribution is 6.28. The lowest BCUT2D eigenvalue weighted by Crippen LogP contribution is -2.17. The van der Waals surface area contributed by atoms with E-state index in [9.17, 15) is 0 Å². The molecule has 0 fully saturated rings. The molecule has 1 rings (SSSR count). The van der Waals surface area contributed by atoms with Crippen molar-refractivity contribution in [3.63, 3.8) is 0 Å². The smallest absolute Gasteiger partial charge is 0.229 e. The predicted octanol–water partition coefficient (Wildman–Crippen LogP) is 2.33. The molecule has 0 amide bonds. The number of halogens is 1. The lowest BCUT2D eigenvalue weighted by molar-refractivity contribution is 0.751. The fraction of sp³-hybridized carbons (Fsp3) is 0.500. The van der Waals surface area contributed by atoms with E-state index in [2.05, 4.69) is 46.0 Å². The summed E-state index contributed by atoms with van der Waals surface area (Å²) in [6.45, 7) is 8.32. The van der Waals surface area contributed by atoms with E-state index < -0.39 is 0 Å². The Morgan fingerprint density at radius 1 is 1.38 bits per heavy atom. The molecule has 0 radical (unpaired) electrons. The highest BCUT2D eigenvalue weighted by Gasteiger charge is 2.06. The minimum atomic E-state index is 0.173. The largest absolute Gasteiger partial charge is 0.352 e. The fourth-order valence-electron chi connectivity index (χ4n) is 0.980. The lowest BCUT2D eigenvalue weighted by Gasteiger charge is -2.11. The normalized spacial score (nSPS) is 11.9. The van der Waals surface area contributed by atoms with Gasteiger partial charge in [-0.05, 0) is 24.9 Å². The van der Waals surface area contributed by atoms with Gasteiger partial charge in [-0.3, -0.25) is 0 Å². The molecule has 5 nitrogen and oxygen atoms in total. The summed E-state index contributed by atoms with van der Waals surface area (Å²) in [5.74, 6) is 0.937. The van der Waals surface area contributed by atoms with Crippen LogP contribution in [0.1, 0.15) is 20.3 Å². The molecule has 88 valence electrons. The molecule has 0 bridgehead atoms. The molecule has 2 N–H and O–H groups in total. The first-order chi connectivity index (χ1) is 7.65. The summed E-state index contributed by atoms with van der Waals surface area (Å²) < 4.78 is 0. The maximum Gasteiger partial charge on any atom is 0.229 e. The van der Waals surface area contributed by atoms with Crippen molar-refractivity contribution in [3.05, 3.63) is 17.9 Å². The van der Waals surface area contributed by atoms with E-state index in [0.717, 1.165) is 6.42 Å². The van der Waals surface area contributed by atoms with Crippen molar-refractivity contribution in [2.75, 3.05) is 17.2 Å². The van der Waals surface area contributed by atoms with E-state index in [4.69, 9.17) is 11.6 Å². The van der Waals surface area contributed by atoms with E-state index in [1.54, 1.807) is 6.08 Å². The molecule has 1 aromatic rings. The average Bonchev–Trinajstić information content (AvgIpc) is 2.25. The molecule has 1 atom stereocenters. The molecule has 16 heavy (non-hydrogen) atoms. The van der Waals surface area contributed by atoms with Crippen molar-refractivity contribution >= 4 is 23.5 Å². The number of hydrogen-bond acceptors (Lipinski definition) is 5. The highest BCUT2D eigenvalue weighted by Crippen LogP contribution is 2.10. The van der Waals surface area contributed by atoms with Crippen LogP contribution < -0.4 is 10.6 Å². The predicted molar refractivity (Wildman–Crippen MR) is 66.9 cm³/mol. The number of aromatic nitrogens is 3. The Bertz CT molecular complexity index is 355. The van der Waals surface area contributed by atoms with Crippen LogP contribution in [0.25, 0.3) is 0 Å². The topological polar surface area (TPSA) is 62.7 Å². The van der Waals surface area contributed by atoms with Crippen LogP contribution >= 0.6 is 11.6 Å². The molecule has 0 aliphatic carbocycles. The maximum atomic E-state index is 5.79. The van der Waals surface area contributed by atoms with Crippen molar-refractivity contribution in [2.24, 2.45) is 0 Å². The Hall–Kier alpha value is -1.36. The number of nitrogens with zero attached hydrogens (tertiary/aromatic N) is 3. The molecule has 1 heterocycles. The van der Waals surface area contributed by atoms with Gasteiger partial charge in [-0.2, -0.15) is 15.0 Å². The third-order valence-corrected chi connectivity index (χ3v) is 2.17. The van der Waals surface area contributed by atoms with Crippen LogP contribution in [0, 0.1) is 0 Å². The third kappa shape index (κ3) is 4.02. The van der Waals surface area contributed by atoms with Gasteiger partial charge in [0.15, 0.2) is 0 Å². The summed E-state index contributed by atoms with van der Waals surface area (Å²) in [6, 6.07) is 0.297. The van der Waals surface area contributed by atoms with Crippen molar-refractivity contribution in [1.82, 2.24) is 15.0 Å². The zero-order valence-corrected chi connectivity index (χ0v) is 10.3. The van der Waals surface area contributed by atoms with Gasteiger partial charge in [0, 0.05) is 12.6 Å². The Labute approximate surface area is 100 Å². The summed E-state index contributed by atoms with van der Waals surface area (Å²) in [4.78, 5) is 12.1. The first kappa shape index (κ1) is 12.7. The maximum absolute atomic E-state index is 5.79. The Morgan fingerprint density at radius 3 is 2.69 bits per heavy atom. The zero-order chi connectivity index (χ0) is 12.0. The Morgan fingerprint density at radius 2 is 2.06 bits per heavy atom. The quantitative estimate of drug-likeness (QED) is 0.749. The molecule has 0 saturated carbocycles. The van der Waals surface area contributed by atoms with Crippen LogP contribution in [0.5, 0.6) is 0 Å². The average molecular weight is 242 g/mol. The second kappa shape index (κ2) is 6.27. The van der Waals surface area contributed by atoms with Crippen LogP contribution in [0.2, 0.25) is 5.28 Å². The van der Waals surface area contributed by atoms with Gasteiger partial charge in [0.1, 0.15) is 0 Å². The van der Waals surface area contributed by atoms with Gasteiger partial charge in [-0.1, -0.05) is 13.0 Å². The zero-order valence-electron chi connectivity index (χ0n) is 9.50. The molecule has 0 unspecified atom stereocenters. The molecular formula is C10H16ClN5. The Kier molecular flexibility index (Phi) is 4.98. The summed E-state index contributed by atoms with van der Waals surface area (Å²) in [6.07, 6.45) is 2.71. The second-order valence-corrected chi connectivity index (χ2v) is 3.71. The Balaban J connectivity index is 2.76. The van der Waals surface area contributed by atoms with Crippen LogP contribution in [-0.4, -0.2) is 27.5 Å².